The van der Waals surface area contributed by atoms with Crippen molar-refractivity contribution in [2.24, 2.45) is 0 Å². The second-order valence-corrected chi connectivity index (χ2v) is 6.15. The Labute approximate surface area is 137 Å². The Kier molecular flexibility index (Phi) is 4.98. The van der Waals surface area contributed by atoms with E-state index in [-0.39, 0.29) is 11.7 Å². The lowest BCUT2D eigenvalue weighted by Crippen LogP contribution is -2.25. The summed E-state index contributed by atoms with van der Waals surface area (Å²) in [5.74, 6) is 1.19. The third-order valence-electron chi connectivity index (χ3n) is 3.40. The maximum Gasteiger partial charge on any atom is 0.287 e. The fraction of sp³-hybridized carbons (Fsp3) is 0.167. The number of hydrogen-bond acceptors (Lipinski definition) is 3. The Hall–Kier alpha value is -2.27. The number of halogens is 1. The maximum atomic E-state index is 13.5. The van der Waals surface area contributed by atoms with Crippen molar-refractivity contribution in [3.63, 3.8) is 0 Å². The molecule has 0 bridgehead atoms. The van der Waals surface area contributed by atoms with Crippen molar-refractivity contribution in [3.05, 3.63) is 71.7 Å². The molecule has 0 aliphatic carbocycles. The van der Waals surface area contributed by atoms with Crippen LogP contribution in [0.1, 0.15) is 16.1 Å². The number of para-hydroxylation sites is 1. The van der Waals surface area contributed by atoms with Crippen LogP contribution < -0.4 is 5.32 Å². The highest BCUT2D eigenvalue weighted by Crippen LogP contribution is 2.19. The van der Waals surface area contributed by atoms with Crippen molar-refractivity contribution in [2.75, 3.05) is 12.3 Å². The van der Waals surface area contributed by atoms with Crippen LogP contribution in [0.3, 0.4) is 0 Å². The van der Waals surface area contributed by atoms with Crippen molar-refractivity contribution >= 4 is 28.6 Å². The number of benzene rings is 2. The number of carbonyl (C=O) groups is 1. The van der Waals surface area contributed by atoms with Gasteiger partial charge in [0.15, 0.2) is 5.76 Å². The lowest BCUT2D eigenvalue weighted by molar-refractivity contribution is 0.0930. The molecule has 23 heavy (non-hydrogen) atoms. The van der Waals surface area contributed by atoms with Gasteiger partial charge in [0.25, 0.3) is 5.91 Å². The summed E-state index contributed by atoms with van der Waals surface area (Å²) >= 11 is 1.58. The first-order valence-corrected chi connectivity index (χ1v) is 8.47. The van der Waals surface area contributed by atoms with E-state index in [9.17, 15) is 9.18 Å². The topological polar surface area (TPSA) is 42.2 Å². The van der Waals surface area contributed by atoms with Crippen LogP contribution in [-0.2, 0) is 5.75 Å². The maximum absolute atomic E-state index is 13.5. The zero-order valence-electron chi connectivity index (χ0n) is 12.4. The van der Waals surface area contributed by atoms with E-state index in [1.807, 2.05) is 30.3 Å². The molecular formula is C18H16FNO2S. The standard InChI is InChI=1S/C18H16FNO2S/c19-15-7-3-1-6-14(15)12-23-10-9-20-18(21)17-11-13-5-2-4-8-16(13)22-17/h1-8,11H,9-10,12H2,(H,20,21). The van der Waals surface area contributed by atoms with Gasteiger partial charge in [-0.25, -0.2) is 4.39 Å². The second kappa shape index (κ2) is 7.33. The molecule has 1 heterocycles. The Morgan fingerprint density at radius 1 is 1.13 bits per heavy atom. The molecule has 5 heteroatoms. The van der Waals surface area contributed by atoms with Crippen LogP contribution in [0.5, 0.6) is 0 Å². The van der Waals surface area contributed by atoms with Crippen LogP contribution in [0.25, 0.3) is 11.0 Å². The fourth-order valence-electron chi connectivity index (χ4n) is 2.22. The van der Waals surface area contributed by atoms with Crippen molar-refractivity contribution in [1.29, 1.82) is 0 Å². The zero-order chi connectivity index (χ0) is 16.1. The summed E-state index contributed by atoms with van der Waals surface area (Å²) in [4.78, 5) is 12.0. The van der Waals surface area contributed by atoms with E-state index in [0.29, 0.717) is 35.0 Å². The molecule has 0 radical (unpaired) electrons. The third-order valence-corrected chi connectivity index (χ3v) is 4.40. The number of fused-ring (bicyclic) bond motifs is 1. The molecule has 0 aliphatic rings. The van der Waals surface area contributed by atoms with Gasteiger partial charge in [0.2, 0.25) is 0 Å². The molecule has 0 saturated heterocycles. The summed E-state index contributed by atoms with van der Waals surface area (Å²) in [5, 5.41) is 3.72. The highest BCUT2D eigenvalue weighted by Gasteiger charge is 2.11. The molecule has 2 aromatic carbocycles. The Morgan fingerprint density at radius 3 is 2.74 bits per heavy atom. The third kappa shape index (κ3) is 3.93. The summed E-state index contributed by atoms with van der Waals surface area (Å²) in [6.45, 7) is 0.509. The van der Waals surface area contributed by atoms with Gasteiger partial charge in [-0.15, -0.1) is 0 Å². The normalized spacial score (nSPS) is 10.8. The summed E-state index contributed by atoms with van der Waals surface area (Å²) < 4.78 is 19.0. The van der Waals surface area contributed by atoms with Crippen LogP contribution in [0.2, 0.25) is 0 Å². The fourth-order valence-corrected chi connectivity index (χ4v) is 3.06. The van der Waals surface area contributed by atoms with Gasteiger partial charge in [-0.1, -0.05) is 36.4 Å². The predicted molar refractivity (Wildman–Crippen MR) is 91.1 cm³/mol. The molecule has 118 valence electrons. The van der Waals surface area contributed by atoms with E-state index in [0.717, 1.165) is 5.39 Å². The minimum absolute atomic E-state index is 0.189. The predicted octanol–water partition coefficient (Wildman–Crippen LogP) is 4.24. The largest absolute Gasteiger partial charge is 0.451 e. The minimum atomic E-state index is -0.229. The lowest BCUT2D eigenvalue weighted by Gasteiger charge is -2.04. The van der Waals surface area contributed by atoms with Gasteiger partial charge in [-0.2, -0.15) is 11.8 Å². The number of carbonyl (C=O) groups excluding carboxylic acids is 1. The van der Waals surface area contributed by atoms with E-state index in [4.69, 9.17) is 4.42 Å². The molecule has 3 nitrogen and oxygen atoms in total. The summed E-state index contributed by atoms with van der Waals surface area (Å²) in [7, 11) is 0. The smallest absolute Gasteiger partial charge is 0.287 e. The SMILES string of the molecule is O=C(NCCSCc1ccccc1F)c1cc2ccccc2o1. The Balaban J connectivity index is 1.45. The number of hydrogen-bond donors (Lipinski definition) is 1. The van der Waals surface area contributed by atoms with E-state index in [1.165, 1.54) is 6.07 Å². The zero-order valence-corrected chi connectivity index (χ0v) is 13.2. The summed E-state index contributed by atoms with van der Waals surface area (Å²) in [6, 6.07) is 16.0. The lowest BCUT2D eigenvalue weighted by atomic mass is 10.2. The van der Waals surface area contributed by atoms with Crippen LogP contribution in [0.15, 0.2) is 59.0 Å². The monoisotopic (exact) mass is 329 g/mol. The van der Waals surface area contributed by atoms with Gasteiger partial charge >= 0.3 is 0 Å². The molecule has 0 atom stereocenters. The van der Waals surface area contributed by atoms with Crippen molar-refractivity contribution < 1.29 is 13.6 Å². The van der Waals surface area contributed by atoms with Crippen molar-refractivity contribution in [3.8, 4) is 0 Å². The number of thioether (sulfide) groups is 1. The molecular weight excluding hydrogens is 313 g/mol. The molecule has 1 amide bonds. The van der Waals surface area contributed by atoms with Crippen molar-refractivity contribution in [2.45, 2.75) is 5.75 Å². The van der Waals surface area contributed by atoms with E-state index < -0.39 is 0 Å². The Bertz CT molecular complexity index is 782. The molecule has 0 saturated carbocycles. The first-order chi connectivity index (χ1) is 11.2. The van der Waals surface area contributed by atoms with Crippen molar-refractivity contribution in [1.82, 2.24) is 5.32 Å². The summed E-state index contributed by atoms with van der Waals surface area (Å²) in [6.07, 6.45) is 0. The summed E-state index contributed by atoms with van der Waals surface area (Å²) in [5.41, 5.74) is 1.38. The van der Waals surface area contributed by atoms with E-state index in [1.54, 1.807) is 30.0 Å². The average Bonchev–Trinajstić information content (AvgIpc) is 3.00. The first-order valence-electron chi connectivity index (χ1n) is 7.32. The van der Waals surface area contributed by atoms with E-state index >= 15 is 0 Å². The average molecular weight is 329 g/mol. The highest BCUT2D eigenvalue weighted by atomic mass is 32.2. The number of amides is 1. The molecule has 0 aliphatic heterocycles. The second-order valence-electron chi connectivity index (χ2n) is 5.05. The number of furan rings is 1. The van der Waals surface area contributed by atoms with Gasteiger partial charge < -0.3 is 9.73 Å². The molecule has 0 spiro atoms. The quantitative estimate of drug-likeness (QED) is 0.688. The molecule has 0 unspecified atom stereocenters. The number of nitrogens with one attached hydrogen (secondary N) is 1. The Morgan fingerprint density at radius 2 is 1.91 bits per heavy atom. The molecule has 1 N–H and O–H groups in total. The van der Waals surface area contributed by atoms with Gasteiger partial charge in [0.1, 0.15) is 11.4 Å². The minimum Gasteiger partial charge on any atom is -0.451 e. The van der Waals surface area contributed by atoms with Gasteiger partial charge in [-0.3, -0.25) is 4.79 Å². The van der Waals surface area contributed by atoms with Crippen LogP contribution in [0.4, 0.5) is 4.39 Å². The molecule has 3 aromatic rings. The van der Waals surface area contributed by atoms with Gasteiger partial charge in [0, 0.05) is 23.4 Å². The molecule has 3 rings (SSSR count). The van der Waals surface area contributed by atoms with Crippen LogP contribution >= 0.6 is 11.8 Å². The highest BCUT2D eigenvalue weighted by molar-refractivity contribution is 7.98. The van der Waals surface area contributed by atoms with Crippen LogP contribution in [0, 0.1) is 5.82 Å². The molecule has 0 fully saturated rings. The van der Waals surface area contributed by atoms with Gasteiger partial charge in [0.05, 0.1) is 0 Å². The first kappa shape index (κ1) is 15.6. The van der Waals surface area contributed by atoms with Crippen LogP contribution in [-0.4, -0.2) is 18.2 Å². The van der Waals surface area contributed by atoms with E-state index in [2.05, 4.69) is 5.32 Å². The van der Waals surface area contributed by atoms with Gasteiger partial charge in [-0.05, 0) is 23.8 Å². The molecule has 1 aromatic heterocycles. The number of rotatable bonds is 6.